The van der Waals surface area contributed by atoms with Crippen LogP contribution in [0.3, 0.4) is 0 Å². The molecule has 0 spiro atoms. The lowest BCUT2D eigenvalue weighted by Gasteiger charge is -2.25. The first-order chi connectivity index (χ1) is 11.6. The zero-order valence-corrected chi connectivity index (χ0v) is 14.5. The Labute approximate surface area is 143 Å². The maximum Gasteiger partial charge on any atom is 0.220 e. The van der Waals surface area contributed by atoms with Gasteiger partial charge in [0.15, 0.2) is 0 Å². The van der Waals surface area contributed by atoms with Gasteiger partial charge in [-0.05, 0) is 49.8 Å². The molecule has 1 aromatic heterocycles. The normalized spacial score (nSPS) is 12.0. The van der Waals surface area contributed by atoms with Crippen LogP contribution in [0.25, 0.3) is 0 Å². The SMILES string of the molecule is COc1ccc(C(CNC(=O)CCc2cccnc2)N(C)C)cc1. The minimum Gasteiger partial charge on any atom is -0.497 e. The van der Waals surface area contributed by atoms with Crippen LogP contribution >= 0.6 is 0 Å². The number of likely N-dealkylation sites (N-methyl/N-ethyl adjacent to an activating group) is 1. The van der Waals surface area contributed by atoms with E-state index < -0.39 is 0 Å². The summed E-state index contributed by atoms with van der Waals surface area (Å²) in [5.74, 6) is 0.885. The lowest BCUT2D eigenvalue weighted by Crippen LogP contribution is -2.34. The van der Waals surface area contributed by atoms with Gasteiger partial charge in [-0.15, -0.1) is 0 Å². The lowest BCUT2D eigenvalue weighted by molar-refractivity contribution is -0.121. The smallest absolute Gasteiger partial charge is 0.220 e. The number of benzene rings is 1. The van der Waals surface area contributed by atoms with Crippen LogP contribution in [0, 0.1) is 0 Å². The largest absolute Gasteiger partial charge is 0.497 e. The highest BCUT2D eigenvalue weighted by molar-refractivity contribution is 5.76. The second-order valence-corrected chi connectivity index (χ2v) is 5.92. The van der Waals surface area contributed by atoms with Gasteiger partial charge in [0.05, 0.1) is 13.2 Å². The average Bonchev–Trinajstić information content (AvgIpc) is 2.61. The number of hydrogen-bond donors (Lipinski definition) is 1. The van der Waals surface area contributed by atoms with Gasteiger partial charge in [-0.1, -0.05) is 18.2 Å². The number of ether oxygens (including phenoxy) is 1. The van der Waals surface area contributed by atoms with Gasteiger partial charge < -0.3 is 15.0 Å². The molecule has 0 bridgehead atoms. The highest BCUT2D eigenvalue weighted by Gasteiger charge is 2.15. The fourth-order valence-electron chi connectivity index (χ4n) is 2.53. The molecule has 1 N–H and O–H groups in total. The van der Waals surface area contributed by atoms with E-state index in [2.05, 4.69) is 15.2 Å². The van der Waals surface area contributed by atoms with E-state index in [-0.39, 0.29) is 11.9 Å². The molecule has 128 valence electrons. The summed E-state index contributed by atoms with van der Waals surface area (Å²) in [4.78, 5) is 18.3. The maximum atomic E-state index is 12.1. The number of aryl methyl sites for hydroxylation is 1. The molecule has 0 aliphatic carbocycles. The summed E-state index contributed by atoms with van der Waals surface area (Å²) >= 11 is 0. The molecule has 5 heteroatoms. The summed E-state index contributed by atoms with van der Waals surface area (Å²) in [5.41, 5.74) is 2.22. The number of amides is 1. The second-order valence-electron chi connectivity index (χ2n) is 5.92. The van der Waals surface area contributed by atoms with E-state index in [4.69, 9.17) is 4.74 Å². The van der Waals surface area contributed by atoms with Crippen LogP contribution in [0.1, 0.15) is 23.6 Å². The molecule has 0 saturated carbocycles. The summed E-state index contributed by atoms with van der Waals surface area (Å²) in [6, 6.07) is 11.9. The van der Waals surface area contributed by atoms with E-state index >= 15 is 0 Å². The highest BCUT2D eigenvalue weighted by Crippen LogP contribution is 2.20. The number of nitrogens with zero attached hydrogens (tertiary/aromatic N) is 2. The molecule has 2 rings (SSSR count). The number of methoxy groups -OCH3 is 1. The fraction of sp³-hybridized carbons (Fsp3) is 0.368. The van der Waals surface area contributed by atoms with Crippen molar-refractivity contribution >= 4 is 5.91 Å². The Morgan fingerprint density at radius 3 is 2.58 bits per heavy atom. The topological polar surface area (TPSA) is 54.5 Å². The molecule has 1 atom stereocenters. The molecular weight excluding hydrogens is 302 g/mol. The van der Waals surface area contributed by atoms with Crippen molar-refractivity contribution in [1.29, 1.82) is 0 Å². The Kier molecular flexibility index (Phi) is 6.75. The Bertz CT molecular complexity index is 627. The van der Waals surface area contributed by atoms with E-state index in [0.29, 0.717) is 19.4 Å². The van der Waals surface area contributed by atoms with Crippen LogP contribution in [-0.2, 0) is 11.2 Å². The number of carbonyl (C=O) groups is 1. The van der Waals surface area contributed by atoms with Crippen LogP contribution in [0.15, 0.2) is 48.8 Å². The predicted molar refractivity (Wildman–Crippen MR) is 95.0 cm³/mol. The van der Waals surface area contributed by atoms with Gasteiger partial charge in [0, 0.05) is 25.4 Å². The number of rotatable bonds is 8. The molecule has 1 amide bonds. The van der Waals surface area contributed by atoms with E-state index in [9.17, 15) is 4.79 Å². The van der Waals surface area contributed by atoms with E-state index in [1.54, 1.807) is 19.5 Å². The van der Waals surface area contributed by atoms with E-state index in [1.165, 1.54) is 0 Å². The summed E-state index contributed by atoms with van der Waals surface area (Å²) in [6.07, 6.45) is 4.71. The van der Waals surface area contributed by atoms with Crippen LogP contribution in [0.2, 0.25) is 0 Å². The Morgan fingerprint density at radius 2 is 2.00 bits per heavy atom. The first kappa shape index (κ1) is 17.9. The zero-order valence-electron chi connectivity index (χ0n) is 14.5. The molecular formula is C19H25N3O2. The zero-order chi connectivity index (χ0) is 17.4. The molecule has 0 fully saturated rings. The van der Waals surface area contributed by atoms with E-state index in [0.717, 1.165) is 16.9 Å². The van der Waals surface area contributed by atoms with Gasteiger partial charge in [-0.2, -0.15) is 0 Å². The first-order valence-corrected chi connectivity index (χ1v) is 8.06. The van der Waals surface area contributed by atoms with Crippen molar-refractivity contribution in [1.82, 2.24) is 15.2 Å². The number of carbonyl (C=O) groups excluding carboxylic acids is 1. The Hall–Kier alpha value is -2.40. The molecule has 5 nitrogen and oxygen atoms in total. The predicted octanol–water partition coefficient (Wildman–Crippen LogP) is 2.44. The summed E-state index contributed by atoms with van der Waals surface area (Å²) in [7, 11) is 5.67. The third-order valence-electron chi connectivity index (χ3n) is 3.98. The average molecular weight is 327 g/mol. The number of pyridine rings is 1. The van der Waals surface area contributed by atoms with Crippen molar-refractivity contribution in [2.24, 2.45) is 0 Å². The number of aromatic nitrogens is 1. The molecule has 1 heterocycles. The number of hydrogen-bond acceptors (Lipinski definition) is 4. The van der Waals surface area contributed by atoms with Gasteiger partial charge >= 0.3 is 0 Å². The summed E-state index contributed by atoms with van der Waals surface area (Å²) < 4.78 is 5.19. The monoisotopic (exact) mass is 327 g/mol. The van der Waals surface area contributed by atoms with Gasteiger partial charge in [-0.25, -0.2) is 0 Å². The minimum absolute atomic E-state index is 0.0548. The molecule has 0 saturated heterocycles. The van der Waals surface area contributed by atoms with Crippen LogP contribution < -0.4 is 10.1 Å². The first-order valence-electron chi connectivity index (χ1n) is 8.06. The molecule has 0 aliphatic heterocycles. The molecule has 2 aromatic rings. The van der Waals surface area contributed by atoms with E-state index in [1.807, 2.05) is 50.5 Å². The Balaban J connectivity index is 1.87. The standard InChI is InChI=1S/C19H25N3O2/c1-22(2)18(16-7-9-17(24-3)10-8-16)14-21-19(23)11-6-15-5-4-12-20-13-15/h4-5,7-10,12-13,18H,6,11,14H2,1-3H3,(H,21,23). The van der Waals surface area contributed by atoms with Crippen LogP contribution in [-0.4, -0.2) is 43.5 Å². The second kappa shape index (κ2) is 9.03. The minimum atomic E-state index is 0.0548. The molecule has 0 aliphatic rings. The van der Waals surface area contributed by atoms with Crippen molar-refractivity contribution < 1.29 is 9.53 Å². The molecule has 1 unspecified atom stereocenters. The van der Waals surface area contributed by atoms with Gasteiger partial charge in [-0.3, -0.25) is 9.78 Å². The molecule has 0 radical (unpaired) electrons. The highest BCUT2D eigenvalue weighted by atomic mass is 16.5. The summed E-state index contributed by atoms with van der Waals surface area (Å²) in [5, 5.41) is 3.03. The van der Waals surface area contributed by atoms with Crippen LogP contribution in [0.4, 0.5) is 0 Å². The van der Waals surface area contributed by atoms with Crippen molar-refractivity contribution in [2.75, 3.05) is 27.7 Å². The third kappa shape index (κ3) is 5.35. The maximum absolute atomic E-state index is 12.1. The van der Waals surface area contributed by atoms with Crippen molar-refractivity contribution in [3.8, 4) is 5.75 Å². The molecule has 1 aromatic carbocycles. The van der Waals surface area contributed by atoms with Gasteiger partial charge in [0.25, 0.3) is 0 Å². The third-order valence-corrected chi connectivity index (χ3v) is 3.98. The lowest BCUT2D eigenvalue weighted by atomic mass is 10.1. The van der Waals surface area contributed by atoms with Crippen molar-refractivity contribution in [3.63, 3.8) is 0 Å². The van der Waals surface area contributed by atoms with Crippen LogP contribution in [0.5, 0.6) is 5.75 Å². The van der Waals surface area contributed by atoms with Gasteiger partial charge in [0.2, 0.25) is 5.91 Å². The molecule has 24 heavy (non-hydrogen) atoms. The van der Waals surface area contributed by atoms with Crippen molar-refractivity contribution in [2.45, 2.75) is 18.9 Å². The Morgan fingerprint density at radius 1 is 1.25 bits per heavy atom. The van der Waals surface area contributed by atoms with Crippen molar-refractivity contribution in [3.05, 3.63) is 59.9 Å². The van der Waals surface area contributed by atoms with Gasteiger partial charge in [0.1, 0.15) is 5.75 Å². The fourth-order valence-corrected chi connectivity index (χ4v) is 2.53. The summed E-state index contributed by atoms with van der Waals surface area (Å²) in [6.45, 7) is 0.575. The quantitative estimate of drug-likeness (QED) is 0.809. The number of nitrogens with one attached hydrogen (secondary N) is 1.